The number of rotatable bonds is 28. The van der Waals surface area contributed by atoms with E-state index in [1.165, 1.54) is 21.3 Å². The average Bonchev–Trinajstić information content (AvgIpc) is 3.77. The van der Waals surface area contributed by atoms with Gasteiger partial charge < -0.3 is 48.7 Å². The highest BCUT2D eigenvalue weighted by molar-refractivity contribution is 6.25. The highest BCUT2D eigenvalue weighted by Crippen LogP contribution is 2.42. The van der Waals surface area contributed by atoms with E-state index < -0.39 is 53.7 Å². The number of hydrogen-bond donors (Lipinski definition) is 3. The second-order valence-corrected chi connectivity index (χ2v) is 19.5. The first-order chi connectivity index (χ1) is 37.8. The molecule has 19 nitrogen and oxygen atoms in total. The SMILES string of the molecule is CC[C@H](C(=O)N1CCCC[C@H]1C(=O)OC(CCc1ccc(OC)c(OC)c1)c1ccccc1OCC(=O)NCCCCCCCCNc1cccc2c1C(=O)N(C1CCC(=O)NC1=O)C2=O)c1cc(OC)c(OC)c(OC)c1. The maximum atomic E-state index is 14.6. The van der Waals surface area contributed by atoms with Gasteiger partial charge in [-0.1, -0.05) is 62.9 Å². The molecule has 4 aromatic rings. The van der Waals surface area contributed by atoms with Crippen LogP contribution in [-0.4, -0.2) is 125 Å². The lowest BCUT2D eigenvalue weighted by Crippen LogP contribution is -2.54. The minimum Gasteiger partial charge on any atom is -0.493 e. The van der Waals surface area contributed by atoms with Gasteiger partial charge >= 0.3 is 5.97 Å². The molecule has 78 heavy (non-hydrogen) atoms. The van der Waals surface area contributed by atoms with E-state index in [-0.39, 0.29) is 42.4 Å². The first-order valence-corrected chi connectivity index (χ1v) is 26.9. The van der Waals surface area contributed by atoms with Crippen LogP contribution < -0.4 is 44.4 Å². The molecule has 2 fully saturated rings. The third kappa shape index (κ3) is 13.8. The monoisotopic (exact) mass is 1080 g/mol. The third-order valence-electron chi connectivity index (χ3n) is 14.6. The number of methoxy groups -OCH3 is 5. The number of para-hydroxylation sites is 1. The predicted octanol–water partition coefficient (Wildman–Crippen LogP) is 7.87. The molecule has 3 aliphatic heterocycles. The van der Waals surface area contributed by atoms with Gasteiger partial charge in [-0.3, -0.25) is 39.0 Å². The average molecular weight is 1080 g/mol. The quantitative estimate of drug-likeness (QED) is 0.0279. The van der Waals surface area contributed by atoms with Crippen LogP contribution in [0.2, 0.25) is 0 Å². The molecule has 3 heterocycles. The van der Waals surface area contributed by atoms with Crippen molar-refractivity contribution in [2.45, 2.75) is 121 Å². The van der Waals surface area contributed by atoms with Gasteiger partial charge in [-0.15, -0.1) is 0 Å². The fourth-order valence-corrected chi connectivity index (χ4v) is 10.5. The Hall–Kier alpha value is -7.83. The third-order valence-corrected chi connectivity index (χ3v) is 14.6. The van der Waals surface area contributed by atoms with Crippen LogP contribution in [0.5, 0.6) is 34.5 Å². The van der Waals surface area contributed by atoms with E-state index in [0.717, 1.165) is 61.8 Å². The number of piperidine rings is 2. The highest BCUT2D eigenvalue weighted by atomic mass is 16.6. The number of ether oxygens (including phenoxy) is 7. The van der Waals surface area contributed by atoms with Crippen LogP contribution in [0.4, 0.5) is 5.69 Å². The van der Waals surface area contributed by atoms with E-state index in [0.29, 0.717) is 96.6 Å². The van der Waals surface area contributed by atoms with Gasteiger partial charge in [0.15, 0.2) is 29.6 Å². The molecule has 0 bridgehead atoms. The number of anilines is 1. The Morgan fingerprint density at radius 2 is 1.42 bits per heavy atom. The second kappa shape index (κ2) is 28.0. The van der Waals surface area contributed by atoms with Gasteiger partial charge in [0.05, 0.1) is 52.6 Å². The molecule has 0 spiro atoms. The van der Waals surface area contributed by atoms with Crippen molar-refractivity contribution in [2.24, 2.45) is 0 Å². The Kier molecular flexibility index (Phi) is 20.8. The molecule has 7 rings (SSSR count). The Morgan fingerprint density at radius 1 is 0.718 bits per heavy atom. The largest absolute Gasteiger partial charge is 0.493 e. The number of amides is 6. The summed E-state index contributed by atoms with van der Waals surface area (Å²) in [7, 11) is 7.71. The Labute approximate surface area is 455 Å². The minimum absolute atomic E-state index is 0.0554. The number of hydrogen-bond acceptors (Lipinski definition) is 15. The molecular weight excluding hydrogens is 1000 g/mol. The minimum atomic E-state index is -1.02. The van der Waals surface area contributed by atoms with E-state index in [1.807, 2.05) is 37.3 Å². The molecule has 418 valence electrons. The Bertz CT molecular complexity index is 2780. The van der Waals surface area contributed by atoms with Gasteiger partial charge in [-0.25, -0.2) is 4.79 Å². The first-order valence-electron chi connectivity index (χ1n) is 26.9. The molecule has 0 aliphatic carbocycles. The van der Waals surface area contributed by atoms with Crippen molar-refractivity contribution < 1.29 is 66.7 Å². The molecule has 2 saturated heterocycles. The second-order valence-electron chi connectivity index (χ2n) is 19.5. The van der Waals surface area contributed by atoms with Crippen LogP contribution in [0.1, 0.15) is 140 Å². The maximum Gasteiger partial charge on any atom is 0.329 e. The molecule has 3 aliphatic rings. The molecule has 0 saturated carbocycles. The number of esters is 1. The summed E-state index contributed by atoms with van der Waals surface area (Å²) >= 11 is 0. The molecule has 6 amide bonds. The zero-order chi connectivity index (χ0) is 55.7. The smallest absolute Gasteiger partial charge is 0.329 e. The van der Waals surface area contributed by atoms with Crippen LogP contribution in [-0.2, 0) is 35.1 Å². The number of carbonyl (C=O) groups excluding carboxylic acids is 7. The number of nitrogens with one attached hydrogen (secondary N) is 3. The van der Waals surface area contributed by atoms with Crippen molar-refractivity contribution in [1.82, 2.24) is 20.4 Å². The van der Waals surface area contributed by atoms with E-state index >= 15 is 0 Å². The summed E-state index contributed by atoms with van der Waals surface area (Å²) in [6.45, 7) is 3.09. The summed E-state index contributed by atoms with van der Waals surface area (Å²) in [6, 6.07) is 19.5. The van der Waals surface area contributed by atoms with Gasteiger partial charge in [0.2, 0.25) is 23.5 Å². The molecule has 0 aromatic heterocycles. The summed E-state index contributed by atoms with van der Waals surface area (Å²) < 4.78 is 40.4. The van der Waals surface area contributed by atoms with Gasteiger partial charge in [0, 0.05) is 37.3 Å². The maximum absolute atomic E-state index is 14.6. The fraction of sp³-hybridized carbons (Fsp3) is 0.475. The van der Waals surface area contributed by atoms with Gasteiger partial charge in [0.1, 0.15) is 23.9 Å². The van der Waals surface area contributed by atoms with Crippen molar-refractivity contribution in [3.63, 3.8) is 0 Å². The molecule has 4 aromatic carbocycles. The summed E-state index contributed by atoms with van der Waals surface area (Å²) in [4.78, 5) is 95.7. The van der Waals surface area contributed by atoms with Crippen molar-refractivity contribution in [1.29, 1.82) is 0 Å². The van der Waals surface area contributed by atoms with Crippen LogP contribution in [0.15, 0.2) is 72.8 Å². The molecule has 19 heteroatoms. The summed E-state index contributed by atoms with van der Waals surface area (Å²) in [5.74, 6) is -0.980. The Morgan fingerprint density at radius 3 is 2.12 bits per heavy atom. The predicted molar refractivity (Wildman–Crippen MR) is 289 cm³/mol. The summed E-state index contributed by atoms with van der Waals surface area (Å²) in [5.41, 5.74) is 3.19. The van der Waals surface area contributed by atoms with E-state index in [4.69, 9.17) is 33.2 Å². The first kappa shape index (κ1) is 57.9. The van der Waals surface area contributed by atoms with Crippen LogP contribution in [0.3, 0.4) is 0 Å². The van der Waals surface area contributed by atoms with Crippen molar-refractivity contribution in [2.75, 3.05) is 67.1 Å². The lowest BCUT2D eigenvalue weighted by atomic mass is 9.91. The fourth-order valence-electron chi connectivity index (χ4n) is 10.5. The molecule has 3 N–H and O–H groups in total. The number of unbranched alkanes of at least 4 members (excludes halogenated alkanes) is 5. The Balaban J connectivity index is 0.914. The lowest BCUT2D eigenvalue weighted by Gasteiger charge is -2.37. The van der Waals surface area contributed by atoms with Crippen LogP contribution in [0.25, 0.3) is 0 Å². The summed E-state index contributed by atoms with van der Waals surface area (Å²) in [5, 5.41) is 8.47. The number of carbonyl (C=O) groups is 7. The zero-order valence-corrected chi connectivity index (χ0v) is 45.6. The molecule has 0 radical (unpaired) electrons. The van der Waals surface area contributed by atoms with E-state index in [9.17, 15) is 33.6 Å². The number of aryl methyl sites for hydroxylation is 1. The standard InChI is InChI=1S/C59H73N5O14/c1-7-39(38-34-49(74-4)54(76-6)50(35-38)75-5)56(68)63-32-17-14-22-44(63)59(71)78-46(27-24-37-25-28-47(72-2)48(33-37)73-3)40-19-12-13-23-45(40)77-36-52(66)61-31-16-11-9-8-10-15-30-60-42-21-18-20-41-53(42)58(70)64(57(41)69)43-26-29-51(65)62-55(43)67/h12-13,18-21,23,25,28,33-35,39,43-44,46,60H,7-11,14-17,22,24,26-27,29-32,36H2,1-6H3,(H,61,66)(H,62,65,67)/t39-,43?,44-,46?/m0/s1. The number of benzene rings is 4. The van der Waals surface area contributed by atoms with Crippen LogP contribution in [0, 0.1) is 0 Å². The van der Waals surface area contributed by atoms with Crippen molar-refractivity contribution in [3.8, 4) is 34.5 Å². The topological polar surface area (TPSA) is 227 Å². The van der Waals surface area contributed by atoms with Crippen molar-refractivity contribution in [3.05, 3.63) is 101 Å². The van der Waals surface area contributed by atoms with Crippen molar-refractivity contribution >= 4 is 47.1 Å². The van der Waals surface area contributed by atoms with Gasteiger partial charge in [-0.2, -0.15) is 0 Å². The lowest BCUT2D eigenvalue weighted by molar-refractivity contribution is -0.162. The number of nitrogens with zero attached hydrogens (tertiary/aromatic N) is 2. The van der Waals surface area contributed by atoms with E-state index in [2.05, 4.69) is 16.0 Å². The number of fused-ring (bicyclic) bond motifs is 1. The molecule has 2 unspecified atom stereocenters. The molecule has 4 atom stereocenters. The van der Waals surface area contributed by atoms with Gasteiger partial charge in [-0.05, 0) is 111 Å². The number of likely N-dealkylation sites (tertiary alicyclic amines) is 1. The molecular formula is C59H73N5O14. The zero-order valence-electron chi connectivity index (χ0n) is 45.6. The number of imide groups is 2. The van der Waals surface area contributed by atoms with Crippen LogP contribution >= 0.6 is 0 Å². The summed E-state index contributed by atoms with van der Waals surface area (Å²) in [6.07, 6.45) is 7.84. The normalized spacial score (nSPS) is 16.8. The van der Waals surface area contributed by atoms with Gasteiger partial charge in [0.25, 0.3) is 17.7 Å². The highest BCUT2D eigenvalue weighted by Gasteiger charge is 2.46. The van der Waals surface area contributed by atoms with E-state index in [1.54, 1.807) is 61.6 Å².